The topological polar surface area (TPSA) is 17.8 Å². The first kappa shape index (κ1) is 26.7. The fourth-order valence-electron chi connectivity index (χ4n) is 7.54. The minimum atomic E-state index is -0.0616. The summed E-state index contributed by atoms with van der Waals surface area (Å²) >= 11 is 0. The van der Waals surface area contributed by atoms with E-state index < -0.39 is 0 Å². The normalized spacial score (nSPS) is 13.2. The molecule has 0 saturated carbocycles. The van der Waals surface area contributed by atoms with Gasteiger partial charge < -0.3 is 0 Å². The van der Waals surface area contributed by atoms with Crippen LogP contribution in [0.4, 0.5) is 0 Å². The SMILES string of the molecule is CC1(C)c2ccccc2-c2c1ccc1c2c2ccccc2n1-c1cc(-c2ccccc2)cc(-c2ccc(-c3ccccc3)cc2)n1. The summed E-state index contributed by atoms with van der Waals surface area (Å²) in [4.78, 5) is 5.40. The molecular formula is C44H32N2. The number of pyridine rings is 1. The summed E-state index contributed by atoms with van der Waals surface area (Å²) in [7, 11) is 0. The van der Waals surface area contributed by atoms with Crippen LogP contribution < -0.4 is 0 Å². The van der Waals surface area contributed by atoms with Crippen LogP contribution >= 0.6 is 0 Å². The van der Waals surface area contributed by atoms with Gasteiger partial charge in [0.05, 0.1) is 16.7 Å². The Bertz CT molecular complexity index is 2410. The fraction of sp³-hybridized carbons (Fsp3) is 0.0682. The Morgan fingerprint density at radius 2 is 1.09 bits per heavy atom. The number of benzene rings is 6. The lowest BCUT2D eigenvalue weighted by atomic mass is 9.82. The van der Waals surface area contributed by atoms with E-state index in [4.69, 9.17) is 4.98 Å². The highest BCUT2D eigenvalue weighted by Crippen LogP contribution is 2.53. The maximum Gasteiger partial charge on any atom is 0.138 e. The molecule has 2 heteroatoms. The lowest BCUT2D eigenvalue weighted by molar-refractivity contribution is 0.661. The minimum absolute atomic E-state index is 0.0616. The number of para-hydroxylation sites is 1. The number of hydrogen-bond donors (Lipinski definition) is 0. The van der Waals surface area contributed by atoms with Gasteiger partial charge in [0.2, 0.25) is 0 Å². The summed E-state index contributed by atoms with van der Waals surface area (Å²) in [6.07, 6.45) is 0. The van der Waals surface area contributed by atoms with Crippen molar-refractivity contribution >= 4 is 21.8 Å². The Kier molecular flexibility index (Phi) is 5.88. The molecule has 0 spiro atoms. The van der Waals surface area contributed by atoms with Gasteiger partial charge in [-0.15, -0.1) is 0 Å². The first-order valence-electron chi connectivity index (χ1n) is 16.0. The monoisotopic (exact) mass is 588 g/mol. The highest BCUT2D eigenvalue weighted by Gasteiger charge is 2.37. The third-order valence-corrected chi connectivity index (χ3v) is 9.82. The number of nitrogens with zero attached hydrogens (tertiary/aromatic N) is 2. The molecule has 2 heterocycles. The van der Waals surface area contributed by atoms with Crippen molar-refractivity contribution in [1.82, 2.24) is 9.55 Å². The van der Waals surface area contributed by atoms with E-state index in [1.165, 1.54) is 55.2 Å². The average Bonchev–Trinajstić information content (AvgIpc) is 3.58. The molecule has 9 rings (SSSR count). The number of fused-ring (bicyclic) bond motifs is 7. The lowest BCUT2D eigenvalue weighted by Crippen LogP contribution is -2.14. The van der Waals surface area contributed by atoms with Crippen molar-refractivity contribution in [3.8, 4) is 50.5 Å². The molecule has 6 aromatic carbocycles. The lowest BCUT2D eigenvalue weighted by Gasteiger charge is -2.21. The summed E-state index contributed by atoms with van der Waals surface area (Å²) < 4.78 is 2.37. The van der Waals surface area contributed by atoms with E-state index in [9.17, 15) is 0 Å². The van der Waals surface area contributed by atoms with Crippen LogP contribution in [0.2, 0.25) is 0 Å². The molecule has 0 aliphatic heterocycles. The van der Waals surface area contributed by atoms with Gasteiger partial charge in [0.25, 0.3) is 0 Å². The van der Waals surface area contributed by atoms with Gasteiger partial charge in [-0.25, -0.2) is 4.98 Å². The van der Waals surface area contributed by atoms with Gasteiger partial charge in [0.1, 0.15) is 5.82 Å². The van der Waals surface area contributed by atoms with E-state index in [1.54, 1.807) is 0 Å². The van der Waals surface area contributed by atoms with Crippen molar-refractivity contribution in [3.05, 3.63) is 169 Å². The van der Waals surface area contributed by atoms with Gasteiger partial charge in [-0.3, -0.25) is 4.57 Å². The Balaban J connectivity index is 1.31. The smallest absolute Gasteiger partial charge is 0.138 e. The van der Waals surface area contributed by atoms with Crippen LogP contribution in [0.3, 0.4) is 0 Å². The second-order valence-corrected chi connectivity index (χ2v) is 12.8. The zero-order valence-electron chi connectivity index (χ0n) is 25.9. The van der Waals surface area contributed by atoms with Crippen molar-refractivity contribution in [2.24, 2.45) is 0 Å². The molecular weight excluding hydrogens is 556 g/mol. The van der Waals surface area contributed by atoms with Crippen molar-refractivity contribution < 1.29 is 0 Å². The van der Waals surface area contributed by atoms with Crippen LogP contribution in [0, 0.1) is 0 Å². The van der Waals surface area contributed by atoms with Gasteiger partial charge in [-0.1, -0.05) is 147 Å². The Hall–Kier alpha value is -5.73. The standard InChI is InChI=1S/C44H32N2/c1-44(2)36-19-11-9-17-34(36)42-37(44)25-26-40-43(42)35-18-10-12-20-39(35)46(40)41-28-33(30-15-7-4-8-16-30)27-38(45-41)32-23-21-31(22-24-32)29-13-5-3-6-14-29/h3-28H,1-2H3. The van der Waals surface area contributed by atoms with Gasteiger partial charge >= 0.3 is 0 Å². The molecule has 0 N–H and O–H groups in total. The molecule has 0 bridgehead atoms. The molecule has 0 atom stereocenters. The van der Waals surface area contributed by atoms with Gasteiger partial charge in [-0.2, -0.15) is 0 Å². The third kappa shape index (κ3) is 4.00. The van der Waals surface area contributed by atoms with Crippen molar-refractivity contribution in [3.63, 3.8) is 0 Å². The summed E-state index contributed by atoms with van der Waals surface area (Å²) in [5.41, 5.74) is 14.5. The Labute approximate surface area is 269 Å². The molecule has 0 amide bonds. The predicted molar refractivity (Wildman–Crippen MR) is 192 cm³/mol. The van der Waals surface area contributed by atoms with Crippen molar-refractivity contribution in [1.29, 1.82) is 0 Å². The zero-order chi connectivity index (χ0) is 30.8. The molecule has 8 aromatic rings. The molecule has 2 aromatic heterocycles. The first-order valence-corrected chi connectivity index (χ1v) is 16.0. The minimum Gasteiger partial charge on any atom is -0.294 e. The van der Waals surface area contributed by atoms with E-state index in [-0.39, 0.29) is 5.41 Å². The summed E-state index contributed by atoms with van der Waals surface area (Å²) in [5, 5.41) is 2.55. The van der Waals surface area contributed by atoms with Gasteiger partial charge in [-0.05, 0) is 68.8 Å². The molecule has 1 aliphatic rings. The molecule has 0 radical (unpaired) electrons. The van der Waals surface area contributed by atoms with Crippen LogP contribution in [0.1, 0.15) is 25.0 Å². The Morgan fingerprint density at radius 3 is 1.85 bits per heavy atom. The van der Waals surface area contributed by atoms with Gasteiger partial charge in [0, 0.05) is 21.8 Å². The van der Waals surface area contributed by atoms with Crippen molar-refractivity contribution in [2.45, 2.75) is 19.3 Å². The third-order valence-electron chi connectivity index (χ3n) is 9.82. The predicted octanol–water partition coefficient (Wildman–Crippen LogP) is 11.5. The second kappa shape index (κ2) is 10.2. The number of rotatable bonds is 4. The Morgan fingerprint density at radius 1 is 0.478 bits per heavy atom. The molecule has 0 saturated heterocycles. The average molecular weight is 589 g/mol. The summed E-state index contributed by atoms with van der Waals surface area (Å²) in [6, 6.07) is 56.8. The molecule has 2 nitrogen and oxygen atoms in total. The largest absolute Gasteiger partial charge is 0.294 e. The first-order chi connectivity index (χ1) is 22.6. The van der Waals surface area contributed by atoms with Crippen LogP contribution in [-0.2, 0) is 5.41 Å². The second-order valence-electron chi connectivity index (χ2n) is 12.8. The maximum atomic E-state index is 5.40. The highest BCUT2D eigenvalue weighted by atomic mass is 15.1. The van der Waals surface area contributed by atoms with Crippen LogP contribution in [0.15, 0.2) is 158 Å². The van der Waals surface area contributed by atoms with E-state index in [1.807, 2.05) is 0 Å². The molecule has 46 heavy (non-hydrogen) atoms. The van der Waals surface area contributed by atoms with Crippen LogP contribution in [0.5, 0.6) is 0 Å². The number of hydrogen-bond acceptors (Lipinski definition) is 1. The summed E-state index contributed by atoms with van der Waals surface area (Å²) in [6.45, 7) is 4.70. The molecule has 218 valence electrons. The van der Waals surface area contributed by atoms with Crippen molar-refractivity contribution in [2.75, 3.05) is 0 Å². The zero-order valence-corrected chi connectivity index (χ0v) is 25.9. The molecule has 0 unspecified atom stereocenters. The van der Waals surface area contributed by atoms with E-state index in [0.717, 1.165) is 28.2 Å². The quantitative estimate of drug-likeness (QED) is 0.200. The molecule has 1 aliphatic carbocycles. The van der Waals surface area contributed by atoms with Crippen LogP contribution in [0.25, 0.3) is 72.3 Å². The molecule has 0 fully saturated rings. The fourth-order valence-corrected chi connectivity index (χ4v) is 7.54. The maximum absolute atomic E-state index is 5.40. The summed E-state index contributed by atoms with van der Waals surface area (Å²) in [5.74, 6) is 0.917. The highest BCUT2D eigenvalue weighted by molar-refractivity contribution is 6.17. The number of aromatic nitrogens is 2. The van der Waals surface area contributed by atoms with E-state index in [2.05, 4.69) is 176 Å². The van der Waals surface area contributed by atoms with E-state index in [0.29, 0.717) is 0 Å². The van der Waals surface area contributed by atoms with Crippen LogP contribution in [-0.4, -0.2) is 9.55 Å². The van der Waals surface area contributed by atoms with Gasteiger partial charge in [0.15, 0.2) is 0 Å². The van der Waals surface area contributed by atoms with E-state index >= 15 is 0 Å².